The molecule has 2 aliphatic rings. The van der Waals surface area contributed by atoms with E-state index in [1.54, 1.807) is 12.1 Å². The molecule has 0 bridgehead atoms. The van der Waals surface area contributed by atoms with Gasteiger partial charge >= 0.3 is 0 Å². The van der Waals surface area contributed by atoms with Gasteiger partial charge in [-0.25, -0.2) is 4.99 Å². The fourth-order valence-electron chi connectivity index (χ4n) is 3.81. The molecular formula is C23H30IN5O2. The molecule has 0 aliphatic carbocycles. The zero-order valence-corrected chi connectivity index (χ0v) is 20.2. The lowest BCUT2D eigenvalue weighted by molar-refractivity contribution is 0.0657. The van der Waals surface area contributed by atoms with Crippen molar-refractivity contribution in [3.8, 4) is 0 Å². The van der Waals surface area contributed by atoms with Gasteiger partial charge in [0.2, 0.25) is 0 Å². The summed E-state index contributed by atoms with van der Waals surface area (Å²) in [4.78, 5) is 23.8. The van der Waals surface area contributed by atoms with Gasteiger partial charge in [-0.3, -0.25) is 4.79 Å². The summed E-state index contributed by atoms with van der Waals surface area (Å²) in [5.41, 5.74) is 2.43. The van der Waals surface area contributed by atoms with E-state index in [1.807, 2.05) is 4.90 Å². The summed E-state index contributed by atoms with van der Waals surface area (Å²) in [5.74, 6) is 1.25. The molecule has 1 saturated heterocycles. The van der Waals surface area contributed by atoms with Crippen LogP contribution in [0.2, 0.25) is 0 Å². The highest BCUT2D eigenvalue weighted by Gasteiger charge is 2.25. The number of halogens is 1. The molecule has 7 nitrogen and oxygen atoms in total. The van der Waals surface area contributed by atoms with Gasteiger partial charge in [-0.15, -0.1) is 24.0 Å². The van der Waals surface area contributed by atoms with E-state index >= 15 is 0 Å². The van der Waals surface area contributed by atoms with Crippen molar-refractivity contribution in [3.05, 3.63) is 66.1 Å². The number of rotatable bonds is 5. The smallest absolute Gasteiger partial charge is 0.289 e. The predicted molar refractivity (Wildman–Crippen MR) is 134 cm³/mol. The van der Waals surface area contributed by atoms with Crippen molar-refractivity contribution in [3.63, 3.8) is 0 Å². The van der Waals surface area contributed by atoms with E-state index in [9.17, 15) is 4.79 Å². The Balaban J connectivity index is 0.00000272. The second-order valence-corrected chi connectivity index (χ2v) is 7.47. The first kappa shape index (κ1) is 23.2. The van der Waals surface area contributed by atoms with Crippen LogP contribution in [0.15, 0.2) is 64.2 Å². The minimum Gasteiger partial charge on any atom is -0.459 e. The lowest BCUT2D eigenvalue weighted by atomic mass is 10.2. The number of nitrogens with one attached hydrogen (secondary N) is 1. The van der Waals surface area contributed by atoms with Crippen LogP contribution in [0.25, 0.3) is 0 Å². The Morgan fingerprint density at radius 2 is 1.81 bits per heavy atom. The molecule has 0 unspecified atom stereocenters. The van der Waals surface area contributed by atoms with E-state index in [0.29, 0.717) is 25.4 Å². The Labute approximate surface area is 200 Å². The van der Waals surface area contributed by atoms with E-state index in [4.69, 9.17) is 9.41 Å². The maximum absolute atomic E-state index is 12.5. The molecule has 4 rings (SSSR count). The predicted octanol–water partition coefficient (Wildman–Crippen LogP) is 3.20. The summed E-state index contributed by atoms with van der Waals surface area (Å²) in [6, 6.07) is 12.1. The quantitative estimate of drug-likeness (QED) is 0.276. The lowest BCUT2D eigenvalue weighted by Gasteiger charge is -2.36. The molecule has 0 radical (unpaired) electrons. The molecule has 1 amide bonds. The highest BCUT2D eigenvalue weighted by molar-refractivity contribution is 14.0. The van der Waals surface area contributed by atoms with Gasteiger partial charge in [0.1, 0.15) is 0 Å². The molecule has 2 aliphatic heterocycles. The fraction of sp³-hybridized carbons (Fsp3) is 0.391. The number of amides is 1. The van der Waals surface area contributed by atoms with Crippen molar-refractivity contribution in [2.24, 2.45) is 4.99 Å². The van der Waals surface area contributed by atoms with Crippen LogP contribution >= 0.6 is 24.0 Å². The molecule has 1 aromatic heterocycles. The summed E-state index contributed by atoms with van der Waals surface area (Å²) in [7, 11) is 0. The first-order valence-electron chi connectivity index (χ1n) is 10.6. The van der Waals surface area contributed by atoms with Crippen LogP contribution in [0.5, 0.6) is 0 Å². The molecule has 8 heteroatoms. The number of nitrogens with zero attached hydrogens (tertiary/aromatic N) is 4. The number of guanidine groups is 1. The number of hydrogen-bond acceptors (Lipinski definition) is 4. The number of carbonyl (C=O) groups is 1. The Morgan fingerprint density at radius 3 is 2.48 bits per heavy atom. The van der Waals surface area contributed by atoms with Crippen molar-refractivity contribution in [2.75, 3.05) is 50.7 Å². The number of carbonyl (C=O) groups excluding carboxylic acids is 1. The number of benzene rings is 1. The summed E-state index contributed by atoms with van der Waals surface area (Å²) < 4.78 is 5.25. The summed E-state index contributed by atoms with van der Waals surface area (Å²) >= 11 is 0. The van der Waals surface area contributed by atoms with Crippen LogP contribution in [0.4, 0.5) is 5.69 Å². The summed E-state index contributed by atoms with van der Waals surface area (Å²) in [6.45, 7) is 8.26. The van der Waals surface area contributed by atoms with Gasteiger partial charge in [0.25, 0.3) is 5.91 Å². The average Bonchev–Trinajstić information content (AvgIpc) is 3.51. The Morgan fingerprint density at radius 1 is 1.06 bits per heavy atom. The standard InChI is InChI=1S/C23H29N5O2.HI/c1-2-24-23(25-18-19-7-5-8-20(17-19)26-10-3-4-11-26)28-14-12-27(13-15-28)22(29)21-9-6-16-30-21;/h3-9,16-17H,2,10-15,18H2,1H3,(H,24,25);1H. The third-order valence-corrected chi connectivity index (χ3v) is 5.44. The molecule has 0 saturated carbocycles. The second-order valence-electron chi connectivity index (χ2n) is 7.47. The monoisotopic (exact) mass is 535 g/mol. The van der Waals surface area contributed by atoms with Gasteiger partial charge in [0.05, 0.1) is 12.8 Å². The number of piperazine rings is 1. The van der Waals surface area contributed by atoms with Gasteiger partial charge in [0, 0.05) is 51.5 Å². The highest BCUT2D eigenvalue weighted by atomic mass is 127. The summed E-state index contributed by atoms with van der Waals surface area (Å²) in [6.07, 6.45) is 5.93. The fourth-order valence-corrected chi connectivity index (χ4v) is 3.81. The van der Waals surface area contributed by atoms with E-state index in [0.717, 1.165) is 38.7 Å². The molecular weight excluding hydrogens is 505 g/mol. The van der Waals surface area contributed by atoms with Crippen molar-refractivity contribution in [2.45, 2.75) is 13.5 Å². The van der Waals surface area contributed by atoms with Crippen LogP contribution in [-0.4, -0.2) is 67.5 Å². The van der Waals surface area contributed by atoms with Crippen molar-refractivity contribution < 1.29 is 9.21 Å². The van der Waals surface area contributed by atoms with E-state index in [1.165, 1.54) is 17.5 Å². The first-order valence-corrected chi connectivity index (χ1v) is 10.6. The maximum Gasteiger partial charge on any atom is 0.289 e. The van der Waals surface area contributed by atoms with Gasteiger partial charge < -0.3 is 24.4 Å². The highest BCUT2D eigenvalue weighted by Crippen LogP contribution is 2.19. The zero-order chi connectivity index (χ0) is 20.8. The van der Waals surface area contributed by atoms with E-state index < -0.39 is 0 Å². The normalized spacial score (nSPS) is 16.4. The molecule has 31 heavy (non-hydrogen) atoms. The molecule has 1 fully saturated rings. The third-order valence-electron chi connectivity index (χ3n) is 5.44. The number of anilines is 1. The zero-order valence-electron chi connectivity index (χ0n) is 17.9. The van der Waals surface area contributed by atoms with Gasteiger partial charge in [-0.1, -0.05) is 24.3 Å². The van der Waals surface area contributed by atoms with Crippen LogP contribution in [0.3, 0.4) is 0 Å². The van der Waals surface area contributed by atoms with Crippen LogP contribution in [0, 0.1) is 0 Å². The molecule has 0 atom stereocenters. The molecule has 1 aromatic carbocycles. The largest absolute Gasteiger partial charge is 0.459 e. The molecule has 166 valence electrons. The minimum absolute atomic E-state index is 0. The van der Waals surface area contributed by atoms with Crippen molar-refractivity contribution in [1.82, 2.24) is 15.1 Å². The van der Waals surface area contributed by atoms with Gasteiger partial charge in [0.15, 0.2) is 11.7 Å². The Hall–Kier alpha value is -2.49. The van der Waals surface area contributed by atoms with Crippen LogP contribution in [-0.2, 0) is 6.54 Å². The van der Waals surface area contributed by atoms with Crippen molar-refractivity contribution >= 4 is 41.5 Å². The molecule has 0 spiro atoms. The topological polar surface area (TPSA) is 64.3 Å². The Bertz CT molecular complexity index is 896. The van der Waals surface area contributed by atoms with Crippen LogP contribution < -0.4 is 10.2 Å². The first-order chi connectivity index (χ1) is 14.7. The third kappa shape index (κ3) is 5.81. The van der Waals surface area contributed by atoms with E-state index in [-0.39, 0.29) is 29.9 Å². The van der Waals surface area contributed by atoms with Crippen molar-refractivity contribution in [1.29, 1.82) is 0 Å². The van der Waals surface area contributed by atoms with Gasteiger partial charge in [-0.05, 0) is 36.8 Å². The second kappa shape index (κ2) is 11.2. The van der Waals surface area contributed by atoms with Crippen LogP contribution in [0.1, 0.15) is 23.0 Å². The molecule has 3 heterocycles. The SMILES string of the molecule is CCNC(=NCc1cccc(N2CC=CC2)c1)N1CCN(C(=O)c2ccco2)CC1.I. The lowest BCUT2D eigenvalue weighted by Crippen LogP contribution is -2.53. The molecule has 1 N–H and O–H groups in total. The number of aliphatic imine (C=N–C) groups is 1. The number of furan rings is 1. The summed E-state index contributed by atoms with van der Waals surface area (Å²) in [5, 5.41) is 3.40. The average molecular weight is 535 g/mol. The maximum atomic E-state index is 12.5. The minimum atomic E-state index is -0.0465. The molecule has 2 aromatic rings. The number of hydrogen-bond donors (Lipinski definition) is 1. The Kier molecular flexibility index (Phi) is 8.39. The van der Waals surface area contributed by atoms with E-state index in [2.05, 4.69) is 58.5 Å². The van der Waals surface area contributed by atoms with Gasteiger partial charge in [-0.2, -0.15) is 0 Å².